The van der Waals surface area contributed by atoms with Gasteiger partial charge in [0.1, 0.15) is 5.82 Å². The van der Waals surface area contributed by atoms with Crippen molar-refractivity contribution >= 4 is 5.91 Å². The summed E-state index contributed by atoms with van der Waals surface area (Å²) >= 11 is 0. The van der Waals surface area contributed by atoms with Gasteiger partial charge in [0.05, 0.1) is 0 Å². The van der Waals surface area contributed by atoms with Crippen molar-refractivity contribution in [2.24, 2.45) is 0 Å². The van der Waals surface area contributed by atoms with Crippen molar-refractivity contribution in [3.05, 3.63) is 71.5 Å². The van der Waals surface area contributed by atoms with Gasteiger partial charge in [0.2, 0.25) is 0 Å². The van der Waals surface area contributed by atoms with Crippen LogP contribution in [0.2, 0.25) is 0 Å². The number of benzene rings is 2. The molecule has 1 amide bonds. The molecule has 0 saturated heterocycles. The fraction of sp³-hybridized carbons (Fsp3) is 0.435. The summed E-state index contributed by atoms with van der Waals surface area (Å²) < 4.78 is 13.2. The zero-order chi connectivity index (χ0) is 19.6. The molecule has 0 bridgehead atoms. The average molecular weight is 371 g/mol. The molecule has 1 atom stereocenters. The maximum atomic E-state index is 13.2. The Morgan fingerprint density at radius 3 is 2.22 bits per heavy atom. The number of amides is 1. The molecule has 0 N–H and O–H groups in total. The third-order valence-electron chi connectivity index (χ3n) is 5.07. The Bertz CT molecular complexity index is 683. The fourth-order valence-corrected chi connectivity index (χ4v) is 3.27. The van der Waals surface area contributed by atoms with E-state index >= 15 is 0 Å². The molecule has 27 heavy (non-hydrogen) atoms. The first-order chi connectivity index (χ1) is 13.0. The fourth-order valence-electron chi connectivity index (χ4n) is 3.27. The summed E-state index contributed by atoms with van der Waals surface area (Å²) in [5.41, 5.74) is 1.63. The minimum absolute atomic E-state index is 0.0470. The Balaban J connectivity index is 2.10. The van der Waals surface area contributed by atoms with Crippen molar-refractivity contribution in [2.75, 3.05) is 19.6 Å². The molecule has 0 saturated carbocycles. The molecule has 2 rings (SSSR count). The van der Waals surface area contributed by atoms with Crippen molar-refractivity contribution < 1.29 is 9.18 Å². The SMILES string of the molecule is CCN(CC)CCCC(C)N(Cc1ccccc1)C(=O)c1ccc(F)cc1. The monoisotopic (exact) mass is 370 g/mol. The second-order valence-electron chi connectivity index (χ2n) is 6.94. The highest BCUT2D eigenvalue weighted by molar-refractivity contribution is 5.94. The third-order valence-corrected chi connectivity index (χ3v) is 5.07. The Morgan fingerprint density at radius 1 is 1.00 bits per heavy atom. The van der Waals surface area contributed by atoms with Gasteiger partial charge in [-0.2, -0.15) is 0 Å². The summed E-state index contributed by atoms with van der Waals surface area (Å²) in [5, 5.41) is 0. The van der Waals surface area contributed by atoms with Crippen LogP contribution < -0.4 is 0 Å². The lowest BCUT2D eigenvalue weighted by atomic mass is 10.1. The van der Waals surface area contributed by atoms with Gasteiger partial charge in [-0.05, 0) is 69.2 Å². The molecule has 4 heteroatoms. The van der Waals surface area contributed by atoms with Crippen molar-refractivity contribution in [3.63, 3.8) is 0 Å². The number of carbonyl (C=O) groups excluding carboxylic acids is 1. The molecule has 0 spiro atoms. The second-order valence-corrected chi connectivity index (χ2v) is 6.94. The van der Waals surface area contributed by atoms with Gasteiger partial charge in [0, 0.05) is 18.2 Å². The van der Waals surface area contributed by atoms with Crippen molar-refractivity contribution in [1.82, 2.24) is 9.80 Å². The molecule has 2 aromatic carbocycles. The molecule has 0 aliphatic heterocycles. The van der Waals surface area contributed by atoms with Crippen LogP contribution in [-0.4, -0.2) is 41.4 Å². The first kappa shape index (κ1) is 21.1. The van der Waals surface area contributed by atoms with Crippen LogP contribution in [0, 0.1) is 5.82 Å². The maximum Gasteiger partial charge on any atom is 0.254 e. The molecule has 146 valence electrons. The van der Waals surface area contributed by atoms with E-state index in [1.165, 1.54) is 12.1 Å². The Morgan fingerprint density at radius 2 is 1.63 bits per heavy atom. The van der Waals surface area contributed by atoms with E-state index in [-0.39, 0.29) is 17.8 Å². The quantitative estimate of drug-likeness (QED) is 0.589. The van der Waals surface area contributed by atoms with E-state index < -0.39 is 0 Å². The summed E-state index contributed by atoms with van der Waals surface area (Å²) in [4.78, 5) is 17.4. The molecule has 0 aliphatic carbocycles. The van der Waals surface area contributed by atoms with Gasteiger partial charge < -0.3 is 9.80 Å². The van der Waals surface area contributed by atoms with Gasteiger partial charge in [-0.3, -0.25) is 4.79 Å². The smallest absolute Gasteiger partial charge is 0.254 e. The van der Waals surface area contributed by atoms with Crippen molar-refractivity contribution in [2.45, 2.75) is 46.2 Å². The summed E-state index contributed by atoms with van der Waals surface area (Å²) in [6.45, 7) is 10.1. The van der Waals surface area contributed by atoms with E-state index in [9.17, 15) is 9.18 Å². The number of nitrogens with zero attached hydrogens (tertiary/aromatic N) is 2. The summed E-state index contributed by atoms with van der Waals surface area (Å²) in [6, 6.07) is 16.0. The van der Waals surface area contributed by atoms with Crippen LogP contribution in [0.15, 0.2) is 54.6 Å². The molecular weight excluding hydrogens is 339 g/mol. The van der Waals surface area contributed by atoms with Gasteiger partial charge in [-0.1, -0.05) is 44.2 Å². The highest BCUT2D eigenvalue weighted by Crippen LogP contribution is 2.17. The number of carbonyl (C=O) groups is 1. The van der Waals surface area contributed by atoms with Crippen LogP contribution in [0.1, 0.15) is 49.5 Å². The number of halogens is 1. The van der Waals surface area contributed by atoms with Crippen LogP contribution in [0.3, 0.4) is 0 Å². The normalized spacial score (nSPS) is 12.2. The first-order valence-electron chi connectivity index (χ1n) is 9.88. The van der Waals surface area contributed by atoms with E-state index in [4.69, 9.17) is 0 Å². The standard InChI is InChI=1S/C23H31FN2O/c1-4-25(5-2)17-9-10-19(3)26(18-20-11-7-6-8-12-20)23(27)21-13-15-22(24)16-14-21/h6-8,11-16,19H,4-5,9-10,17-18H2,1-3H3. The largest absolute Gasteiger partial charge is 0.332 e. The van der Waals surface area contributed by atoms with Crippen LogP contribution in [0.5, 0.6) is 0 Å². The van der Waals surface area contributed by atoms with E-state index in [0.29, 0.717) is 12.1 Å². The Labute approximate surface area is 162 Å². The molecule has 3 nitrogen and oxygen atoms in total. The number of rotatable bonds is 10. The predicted molar refractivity (Wildman–Crippen MR) is 109 cm³/mol. The molecule has 0 radical (unpaired) electrons. The lowest BCUT2D eigenvalue weighted by Crippen LogP contribution is -2.38. The van der Waals surface area contributed by atoms with Crippen LogP contribution in [0.25, 0.3) is 0 Å². The van der Waals surface area contributed by atoms with Gasteiger partial charge in [-0.25, -0.2) is 4.39 Å². The molecule has 0 aromatic heterocycles. The third kappa shape index (κ3) is 6.47. The van der Waals surface area contributed by atoms with Crippen molar-refractivity contribution in [3.8, 4) is 0 Å². The van der Waals surface area contributed by atoms with E-state index in [1.807, 2.05) is 35.2 Å². The van der Waals surface area contributed by atoms with Gasteiger partial charge >= 0.3 is 0 Å². The summed E-state index contributed by atoms with van der Waals surface area (Å²) in [7, 11) is 0. The average Bonchev–Trinajstić information content (AvgIpc) is 2.70. The van der Waals surface area contributed by atoms with Gasteiger partial charge in [-0.15, -0.1) is 0 Å². The van der Waals surface area contributed by atoms with Crippen molar-refractivity contribution in [1.29, 1.82) is 0 Å². The van der Waals surface area contributed by atoms with E-state index in [1.54, 1.807) is 12.1 Å². The zero-order valence-electron chi connectivity index (χ0n) is 16.7. The second kappa shape index (κ2) is 10.8. The summed E-state index contributed by atoms with van der Waals surface area (Å²) in [6.07, 6.45) is 1.99. The highest BCUT2D eigenvalue weighted by atomic mass is 19.1. The molecule has 2 aromatic rings. The van der Waals surface area contributed by atoms with Crippen LogP contribution >= 0.6 is 0 Å². The molecule has 0 heterocycles. The lowest BCUT2D eigenvalue weighted by Gasteiger charge is -2.30. The van der Waals surface area contributed by atoms with Crippen LogP contribution in [-0.2, 0) is 6.54 Å². The van der Waals surface area contributed by atoms with Crippen LogP contribution in [0.4, 0.5) is 4.39 Å². The predicted octanol–water partition coefficient (Wildman–Crippen LogP) is 4.98. The highest BCUT2D eigenvalue weighted by Gasteiger charge is 2.22. The molecule has 0 fully saturated rings. The zero-order valence-corrected chi connectivity index (χ0v) is 16.7. The molecule has 0 aliphatic rings. The van der Waals surface area contributed by atoms with Gasteiger partial charge in [0.25, 0.3) is 5.91 Å². The number of hydrogen-bond acceptors (Lipinski definition) is 2. The van der Waals surface area contributed by atoms with E-state index in [2.05, 4.69) is 25.7 Å². The molecule has 1 unspecified atom stereocenters. The minimum Gasteiger partial charge on any atom is -0.332 e. The minimum atomic E-state index is -0.326. The maximum absolute atomic E-state index is 13.2. The lowest BCUT2D eigenvalue weighted by molar-refractivity contribution is 0.0662. The number of hydrogen-bond donors (Lipinski definition) is 0. The Kier molecular flexibility index (Phi) is 8.46. The van der Waals surface area contributed by atoms with E-state index in [0.717, 1.165) is 38.0 Å². The Hall–Kier alpha value is -2.20. The molecular formula is C23H31FN2O. The van der Waals surface area contributed by atoms with Gasteiger partial charge in [0.15, 0.2) is 0 Å². The first-order valence-corrected chi connectivity index (χ1v) is 9.88. The topological polar surface area (TPSA) is 23.6 Å². The summed E-state index contributed by atoms with van der Waals surface area (Å²) in [5.74, 6) is -0.373.